The van der Waals surface area contributed by atoms with Crippen molar-refractivity contribution in [3.05, 3.63) is 0 Å². The predicted octanol–water partition coefficient (Wildman–Crippen LogP) is 1.36. The van der Waals surface area contributed by atoms with Crippen LogP contribution < -0.4 is 11.1 Å². The molecule has 2 nitrogen and oxygen atoms in total. The monoisotopic (exact) mass is 158 g/mol. The minimum Gasteiger partial charge on any atom is -0.327 e. The molecule has 0 aliphatic heterocycles. The van der Waals surface area contributed by atoms with E-state index >= 15 is 0 Å². The second kappa shape index (κ2) is 6.62. The molecule has 0 spiro atoms. The molecule has 68 valence electrons. The third-order valence-corrected chi connectivity index (χ3v) is 1.83. The quantitative estimate of drug-likeness (QED) is 0.573. The molecule has 0 fully saturated rings. The van der Waals surface area contributed by atoms with Gasteiger partial charge in [-0.2, -0.15) is 0 Å². The summed E-state index contributed by atoms with van der Waals surface area (Å²) in [6, 6.07) is 0.335. The van der Waals surface area contributed by atoms with E-state index in [0.717, 1.165) is 25.4 Å². The van der Waals surface area contributed by atoms with Gasteiger partial charge >= 0.3 is 0 Å². The van der Waals surface area contributed by atoms with E-state index in [0.29, 0.717) is 6.04 Å². The summed E-state index contributed by atoms with van der Waals surface area (Å²) in [5.74, 6) is 0.792. The maximum absolute atomic E-state index is 5.73. The second-order valence-corrected chi connectivity index (χ2v) is 3.55. The van der Waals surface area contributed by atoms with Crippen molar-refractivity contribution in [2.24, 2.45) is 11.7 Å². The van der Waals surface area contributed by atoms with E-state index in [2.05, 4.69) is 26.1 Å². The molecule has 2 heteroatoms. The molecule has 1 unspecified atom stereocenters. The van der Waals surface area contributed by atoms with Gasteiger partial charge in [0, 0.05) is 12.6 Å². The van der Waals surface area contributed by atoms with E-state index in [1.807, 2.05) is 0 Å². The van der Waals surface area contributed by atoms with Gasteiger partial charge in [-0.15, -0.1) is 0 Å². The van der Waals surface area contributed by atoms with Crippen LogP contribution in [-0.2, 0) is 0 Å². The molecule has 0 aromatic carbocycles. The fourth-order valence-corrected chi connectivity index (χ4v) is 0.823. The average molecular weight is 158 g/mol. The van der Waals surface area contributed by atoms with Crippen molar-refractivity contribution < 1.29 is 0 Å². The van der Waals surface area contributed by atoms with Crippen molar-refractivity contribution in [2.45, 2.75) is 39.7 Å². The van der Waals surface area contributed by atoms with Crippen molar-refractivity contribution in [1.82, 2.24) is 5.32 Å². The van der Waals surface area contributed by atoms with Crippen LogP contribution in [-0.4, -0.2) is 19.1 Å². The summed E-state index contributed by atoms with van der Waals surface area (Å²) in [5.41, 5.74) is 5.73. The fraction of sp³-hybridized carbons (Fsp3) is 1.00. The Balaban J connectivity index is 3.01. The van der Waals surface area contributed by atoms with Gasteiger partial charge in [0.1, 0.15) is 0 Å². The number of hydrogen-bond donors (Lipinski definition) is 2. The summed E-state index contributed by atoms with van der Waals surface area (Å²) in [5, 5.41) is 3.34. The Labute approximate surface area is 70.5 Å². The van der Waals surface area contributed by atoms with Gasteiger partial charge in [0.25, 0.3) is 0 Å². The Bertz CT molecular complexity index is 81.6. The number of nitrogens with one attached hydrogen (secondary N) is 1. The molecule has 0 aromatic heterocycles. The van der Waals surface area contributed by atoms with Crippen molar-refractivity contribution in [2.75, 3.05) is 13.1 Å². The minimum atomic E-state index is 0.335. The van der Waals surface area contributed by atoms with Crippen molar-refractivity contribution >= 4 is 0 Å². The minimum absolute atomic E-state index is 0.335. The second-order valence-electron chi connectivity index (χ2n) is 3.55. The van der Waals surface area contributed by atoms with Crippen molar-refractivity contribution in [3.63, 3.8) is 0 Å². The van der Waals surface area contributed by atoms with E-state index in [-0.39, 0.29) is 0 Å². The van der Waals surface area contributed by atoms with Crippen LogP contribution in [0.4, 0.5) is 0 Å². The molecular weight excluding hydrogens is 136 g/mol. The third kappa shape index (κ3) is 7.82. The SMILES string of the molecule is CCC(N)CNCCC(C)C. The van der Waals surface area contributed by atoms with Crippen LogP contribution >= 0.6 is 0 Å². The number of nitrogens with two attached hydrogens (primary N) is 1. The molecule has 0 aliphatic carbocycles. The highest BCUT2D eigenvalue weighted by Gasteiger charge is 1.97. The van der Waals surface area contributed by atoms with Gasteiger partial charge < -0.3 is 11.1 Å². The summed E-state index contributed by atoms with van der Waals surface area (Å²) >= 11 is 0. The molecule has 0 amide bonds. The Morgan fingerprint density at radius 2 is 2.00 bits per heavy atom. The third-order valence-electron chi connectivity index (χ3n) is 1.83. The van der Waals surface area contributed by atoms with Gasteiger partial charge in [-0.1, -0.05) is 20.8 Å². The highest BCUT2D eigenvalue weighted by molar-refractivity contribution is 4.61. The van der Waals surface area contributed by atoms with Crippen molar-refractivity contribution in [3.8, 4) is 0 Å². The molecule has 0 aliphatic rings. The molecule has 0 saturated heterocycles. The Morgan fingerprint density at radius 3 is 2.45 bits per heavy atom. The van der Waals surface area contributed by atoms with E-state index in [9.17, 15) is 0 Å². The Hall–Kier alpha value is -0.0800. The summed E-state index contributed by atoms with van der Waals surface area (Å²) in [7, 11) is 0. The standard InChI is InChI=1S/C9H22N2/c1-4-9(10)7-11-6-5-8(2)3/h8-9,11H,4-7,10H2,1-3H3. The van der Waals surface area contributed by atoms with Crippen LogP contribution in [0.2, 0.25) is 0 Å². The fourth-order valence-electron chi connectivity index (χ4n) is 0.823. The van der Waals surface area contributed by atoms with Crippen LogP contribution in [0.25, 0.3) is 0 Å². The van der Waals surface area contributed by atoms with E-state index in [4.69, 9.17) is 5.73 Å². The van der Waals surface area contributed by atoms with Gasteiger partial charge in [-0.25, -0.2) is 0 Å². The highest BCUT2D eigenvalue weighted by atomic mass is 14.9. The van der Waals surface area contributed by atoms with Gasteiger partial charge in [0.15, 0.2) is 0 Å². The first-order valence-electron chi connectivity index (χ1n) is 4.63. The van der Waals surface area contributed by atoms with Crippen LogP contribution in [0.15, 0.2) is 0 Å². The van der Waals surface area contributed by atoms with Crippen LogP contribution in [0.3, 0.4) is 0 Å². The summed E-state index contributed by atoms with van der Waals surface area (Å²) in [6.07, 6.45) is 2.31. The Morgan fingerprint density at radius 1 is 1.36 bits per heavy atom. The van der Waals surface area contributed by atoms with Gasteiger partial charge in [-0.3, -0.25) is 0 Å². The molecular formula is C9H22N2. The lowest BCUT2D eigenvalue weighted by Crippen LogP contribution is -2.33. The smallest absolute Gasteiger partial charge is 0.0162 e. The molecule has 0 aromatic rings. The maximum atomic E-state index is 5.73. The predicted molar refractivity (Wildman–Crippen MR) is 50.6 cm³/mol. The summed E-state index contributed by atoms with van der Waals surface area (Å²) < 4.78 is 0. The molecule has 3 N–H and O–H groups in total. The summed E-state index contributed by atoms with van der Waals surface area (Å²) in [6.45, 7) is 8.66. The van der Waals surface area contributed by atoms with Crippen LogP contribution in [0.1, 0.15) is 33.6 Å². The topological polar surface area (TPSA) is 38.0 Å². The highest BCUT2D eigenvalue weighted by Crippen LogP contribution is 1.96. The lowest BCUT2D eigenvalue weighted by atomic mass is 10.1. The number of rotatable bonds is 6. The first-order chi connectivity index (χ1) is 5.16. The van der Waals surface area contributed by atoms with Crippen LogP contribution in [0.5, 0.6) is 0 Å². The molecule has 0 bridgehead atoms. The van der Waals surface area contributed by atoms with E-state index < -0.39 is 0 Å². The molecule has 11 heavy (non-hydrogen) atoms. The molecule has 0 rings (SSSR count). The van der Waals surface area contributed by atoms with Gasteiger partial charge in [-0.05, 0) is 25.3 Å². The van der Waals surface area contributed by atoms with Gasteiger partial charge in [0.2, 0.25) is 0 Å². The molecule has 0 radical (unpaired) electrons. The van der Waals surface area contributed by atoms with Crippen molar-refractivity contribution in [1.29, 1.82) is 0 Å². The maximum Gasteiger partial charge on any atom is 0.0162 e. The van der Waals surface area contributed by atoms with E-state index in [1.165, 1.54) is 6.42 Å². The zero-order chi connectivity index (χ0) is 8.69. The first kappa shape index (κ1) is 10.9. The molecule has 1 atom stereocenters. The average Bonchev–Trinajstić information content (AvgIpc) is 1.97. The summed E-state index contributed by atoms with van der Waals surface area (Å²) in [4.78, 5) is 0. The zero-order valence-electron chi connectivity index (χ0n) is 8.06. The largest absolute Gasteiger partial charge is 0.327 e. The Kier molecular flexibility index (Phi) is 6.57. The van der Waals surface area contributed by atoms with Gasteiger partial charge in [0.05, 0.1) is 0 Å². The lowest BCUT2D eigenvalue weighted by Gasteiger charge is -2.10. The number of hydrogen-bond acceptors (Lipinski definition) is 2. The zero-order valence-corrected chi connectivity index (χ0v) is 8.06. The molecule has 0 saturated carbocycles. The first-order valence-corrected chi connectivity index (χ1v) is 4.63. The normalized spacial score (nSPS) is 13.9. The van der Waals surface area contributed by atoms with Crippen LogP contribution in [0, 0.1) is 5.92 Å². The lowest BCUT2D eigenvalue weighted by molar-refractivity contribution is 0.506. The molecule has 0 heterocycles. The van der Waals surface area contributed by atoms with E-state index in [1.54, 1.807) is 0 Å².